The minimum atomic E-state index is -0.247. The summed E-state index contributed by atoms with van der Waals surface area (Å²) in [5.74, 6) is 0.179. The Balaban J connectivity index is 1.53. The first kappa shape index (κ1) is 18.1. The third-order valence-corrected chi connectivity index (χ3v) is 3.89. The van der Waals surface area contributed by atoms with Crippen molar-refractivity contribution in [1.82, 2.24) is 15.8 Å². The number of amides is 2. The van der Waals surface area contributed by atoms with Gasteiger partial charge < -0.3 is 15.2 Å². The van der Waals surface area contributed by atoms with Gasteiger partial charge in [0.1, 0.15) is 5.69 Å². The van der Waals surface area contributed by atoms with Gasteiger partial charge >= 0.3 is 0 Å². The summed E-state index contributed by atoms with van der Waals surface area (Å²) in [4.78, 5) is 23.5. The molecule has 0 saturated carbocycles. The molecule has 0 spiro atoms. The first-order valence-electron chi connectivity index (χ1n) is 8.45. The quantitative estimate of drug-likeness (QED) is 0.661. The lowest BCUT2D eigenvalue weighted by atomic mass is 10.1. The molecule has 0 bridgehead atoms. The lowest BCUT2D eigenvalue weighted by Crippen LogP contribution is -2.19. The van der Waals surface area contributed by atoms with Gasteiger partial charge in [-0.25, -0.2) is 0 Å². The van der Waals surface area contributed by atoms with E-state index < -0.39 is 0 Å². The molecule has 6 nitrogen and oxygen atoms in total. The maximum Gasteiger partial charge on any atom is 0.251 e. The summed E-state index contributed by atoms with van der Waals surface area (Å²) in [7, 11) is 1.58. The van der Waals surface area contributed by atoms with Gasteiger partial charge in [-0.05, 0) is 23.8 Å². The lowest BCUT2D eigenvalue weighted by molar-refractivity contribution is -0.116. The molecule has 0 aliphatic heterocycles. The third-order valence-electron chi connectivity index (χ3n) is 3.89. The van der Waals surface area contributed by atoms with E-state index in [0.717, 1.165) is 16.8 Å². The fourth-order valence-electron chi connectivity index (χ4n) is 2.44. The van der Waals surface area contributed by atoms with Crippen LogP contribution in [0.4, 0.5) is 0 Å². The summed E-state index contributed by atoms with van der Waals surface area (Å²) in [5.41, 5.74) is 3.08. The summed E-state index contributed by atoms with van der Waals surface area (Å²) in [6.45, 7) is 0.249. The second-order valence-corrected chi connectivity index (χ2v) is 5.80. The molecule has 1 heterocycles. The highest BCUT2D eigenvalue weighted by atomic mass is 16.5. The highest BCUT2D eigenvalue weighted by Crippen LogP contribution is 2.18. The number of hydrogen-bond donors (Lipinski definition) is 2. The van der Waals surface area contributed by atoms with E-state index in [-0.39, 0.29) is 18.4 Å². The molecule has 0 fully saturated rings. The molecule has 3 rings (SSSR count). The number of hydrogen-bond acceptors (Lipinski definition) is 4. The predicted octanol–water partition coefficient (Wildman–Crippen LogP) is 3.03. The minimum Gasteiger partial charge on any atom is -0.359 e. The molecule has 0 aliphatic carbocycles. The van der Waals surface area contributed by atoms with Crippen molar-refractivity contribution in [3.05, 3.63) is 83.6 Å². The van der Waals surface area contributed by atoms with Gasteiger partial charge in [-0.15, -0.1) is 0 Å². The predicted molar refractivity (Wildman–Crippen MR) is 103 cm³/mol. The van der Waals surface area contributed by atoms with Crippen molar-refractivity contribution in [1.29, 1.82) is 0 Å². The van der Waals surface area contributed by atoms with Crippen molar-refractivity contribution in [2.45, 2.75) is 6.54 Å². The van der Waals surface area contributed by atoms with Crippen LogP contribution in [0.25, 0.3) is 17.3 Å². The van der Waals surface area contributed by atoms with E-state index in [2.05, 4.69) is 15.8 Å². The topological polar surface area (TPSA) is 84.2 Å². The van der Waals surface area contributed by atoms with Crippen LogP contribution >= 0.6 is 0 Å². The van der Waals surface area contributed by atoms with Crippen LogP contribution in [0.5, 0.6) is 0 Å². The molecule has 136 valence electrons. The first-order valence-corrected chi connectivity index (χ1v) is 8.45. The molecular formula is C21H19N3O3. The van der Waals surface area contributed by atoms with Gasteiger partial charge in [-0.3, -0.25) is 9.59 Å². The summed E-state index contributed by atoms with van der Waals surface area (Å²) in [6, 6.07) is 18.4. The zero-order chi connectivity index (χ0) is 19.1. The van der Waals surface area contributed by atoms with Gasteiger partial charge in [-0.2, -0.15) is 0 Å². The molecule has 27 heavy (non-hydrogen) atoms. The second kappa shape index (κ2) is 8.62. The van der Waals surface area contributed by atoms with Crippen LogP contribution in [0.3, 0.4) is 0 Å². The molecule has 1 aromatic heterocycles. The van der Waals surface area contributed by atoms with Crippen LogP contribution in [-0.2, 0) is 11.3 Å². The van der Waals surface area contributed by atoms with E-state index in [1.54, 1.807) is 43.5 Å². The van der Waals surface area contributed by atoms with Crippen LogP contribution in [0.2, 0.25) is 0 Å². The molecule has 2 N–H and O–H groups in total. The summed E-state index contributed by atoms with van der Waals surface area (Å²) in [6.07, 6.45) is 3.11. The monoisotopic (exact) mass is 361 g/mol. The number of rotatable bonds is 6. The fourth-order valence-corrected chi connectivity index (χ4v) is 2.44. The number of carbonyl (C=O) groups is 2. The van der Waals surface area contributed by atoms with E-state index >= 15 is 0 Å². The Bertz CT molecular complexity index is 944. The molecule has 2 aromatic carbocycles. The average Bonchev–Trinajstić information content (AvgIpc) is 3.20. The van der Waals surface area contributed by atoms with Gasteiger partial charge in [0.2, 0.25) is 5.91 Å². The smallest absolute Gasteiger partial charge is 0.251 e. The molecule has 0 unspecified atom stereocenters. The zero-order valence-electron chi connectivity index (χ0n) is 14.8. The number of aromatic nitrogens is 1. The summed E-state index contributed by atoms with van der Waals surface area (Å²) >= 11 is 0. The lowest BCUT2D eigenvalue weighted by Gasteiger charge is -2.00. The normalized spacial score (nSPS) is 10.7. The summed E-state index contributed by atoms with van der Waals surface area (Å²) < 4.78 is 5.25. The van der Waals surface area contributed by atoms with E-state index in [1.165, 1.54) is 6.08 Å². The molecule has 6 heteroatoms. The van der Waals surface area contributed by atoms with Crippen LogP contribution in [0.1, 0.15) is 21.7 Å². The Labute approximate surface area is 156 Å². The number of nitrogens with one attached hydrogen (secondary N) is 2. The Morgan fingerprint density at radius 2 is 1.81 bits per heavy atom. The van der Waals surface area contributed by atoms with E-state index in [0.29, 0.717) is 11.3 Å². The average molecular weight is 361 g/mol. The molecule has 2 amide bonds. The van der Waals surface area contributed by atoms with Crippen molar-refractivity contribution in [2.24, 2.45) is 0 Å². The maximum absolute atomic E-state index is 12.0. The number of nitrogens with zero attached hydrogens (tertiary/aromatic N) is 1. The van der Waals surface area contributed by atoms with Gasteiger partial charge in [0.05, 0.1) is 6.54 Å². The van der Waals surface area contributed by atoms with Crippen LogP contribution < -0.4 is 10.6 Å². The fraction of sp³-hybridized carbons (Fsp3) is 0.0952. The van der Waals surface area contributed by atoms with Crippen molar-refractivity contribution < 1.29 is 14.1 Å². The third kappa shape index (κ3) is 4.92. The molecule has 0 aliphatic rings. The Kier molecular flexibility index (Phi) is 5.79. The molecule has 3 aromatic rings. The highest BCUT2D eigenvalue weighted by molar-refractivity contribution is 5.94. The zero-order valence-corrected chi connectivity index (χ0v) is 14.8. The van der Waals surface area contributed by atoms with Gasteiger partial charge in [0, 0.05) is 30.3 Å². The molecule has 0 saturated heterocycles. The van der Waals surface area contributed by atoms with Crippen LogP contribution in [0, 0.1) is 0 Å². The van der Waals surface area contributed by atoms with Crippen molar-refractivity contribution in [2.75, 3.05) is 7.05 Å². The van der Waals surface area contributed by atoms with E-state index in [9.17, 15) is 9.59 Å². The number of carbonyl (C=O) groups excluding carboxylic acids is 2. The Hall–Kier alpha value is -3.67. The van der Waals surface area contributed by atoms with Crippen LogP contribution in [0.15, 0.2) is 71.3 Å². The Morgan fingerprint density at radius 1 is 1.07 bits per heavy atom. The largest absolute Gasteiger partial charge is 0.359 e. The van der Waals surface area contributed by atoms with Gasteiger partial charge in [-0.1, -0.05) is 47.6 Å². The SMILES string of the molecule is CNC(=O)c1ccc(/C=C/C(=O)NCc2cc(-c3ccccc3)no2)cc1. The standard InChI is InChI=1S/C21H19N3O3/c1-22-21(26)17-10-7-15(8-11-17)9-12-20(25)23-14-18-13-19(24-27-18)16-5-3-2-4-6-16/h2-13H,14H2,1H3,(H,22,26)(H,23,25)/b12-9+. The first-order chi connectivity index (χ1) is 13.2. The Morgan fingerprint density at radius 3 is 2.52 bits per heavy atom. The van der Waals surface area contributed by atoms with Gasteiger partial charge in [0.15, 0.2) is 5.76 Å². The molecule has 0 atom stereocenters. The molecular weight excluding hydrogens is 342 g/mol. The van der Waals surface area contributed by atoms with Gasteiger partial charge in [0.25, 0.3) is 5.91 Å². The molecule has 0 radical (unpaired) electrons. The van der Waals surface area contributed by atoms with Crippen molar-refractivity contribution >= 4 is 17.9 Å². The summed E-state index contributed by atoms with van der Waals surface area (Å²) in [5, 5.41) is 9.32. The van der Waals surface area contributed by atoms with Crippen molar-refractivity contribution in [3.8, 4) is 11.3 Å². The second-order valence-electron chi connectivity index (χ2n) is 5.80. The van der Waals surface area contributed by atoms with Crippen molar-refractivity contribution in [3.63, 3.8) is 0 Å². The van der Waals surface area contributed by atoms with E-state index in [1.807, 2.05) is 30.3 Å². The van der Waals surface area contributed by atoms with Crippen LogP contribution in [-0.4, -0.2) is 24.0 Å². The maximum atomic E-state index is 12.0. The number of benzene rings is 2. The van der Waals surface area contributed by atoms with E-state index in [4.69, 9.17) is 4.52 Å². The highest BCUT2D eigenvalue weighted by Gasteiger charge is 2.07. The minimum absolute atomic E-state index is 0.148.